The molecule has 0 aromatic heterocycles. The lowest BCUT2D eigenvalue weighted by Crippen LogP contribution is -2.64. The summed E-state index contributed by atoms with van der Waals surface area (Å²) in [7, 11) is 0. The molecule has 4 nitrogen and oxygen atoms in total. The van der Waals surface area contributed by atoms with E-state index in [9.17, 15) is 9.90 Å². The van der Waals surface area contributed by atoms with E-state index in [1.807, 2.05) is 13.8 Å². The lowest BCUT2D eigenvalue weighted by atomic mass is 9.92. The molecular formula is C8H16N2O2. The third-order valence-electron chi connectivity index (χ3n) is 2.24. The molecule has 1 rings (SSSR count). The van der Waals surface area contributed by atoms with Crippen LogP contribution in [-0.2, 0) is 0 Å². The first-order chi connectivity index (χ1) is 5.61. The van der Waals surface area contributed by atoms with E-state index in [4.69, 9.17) is 0 Å². The van der Waals surface area contributed by atoms with Crippen LogP contribution in [0.1, 0.15) is 20.3 Å². The zero-order valence-corrected chi connectivity index (χ0v) is 7.63. The normalized spacial score (nSPS) is 20.1. The Morgan fingerprint density at radius 1 is 1.58 bits per heavy atom. The number of aliphatic hydroxyl groups is 1. The zero-order chi connectivity index (χ0) is 9.19. The minimum absolute atomic E-state index is 0.0735. The monoisotopic (exact) mass is 172 g/mol. The maximum Gasteiger partial charge on any atom is 0.317 e. The van der Waals surface area contributed by atoms with Gasteiger partial charge in [-0.1, -0.05) is 6.92 Å². The third-order valence-corrected chi connectivity index (χ3v) is 2.24. The molecule has 1 aliphatic heterocycles. The van der Waals surface area contributed by atoms with Crippen molar-refractivity contribution >= 4 is 6.03 Å². The molecule has 0 aromatic rings. The van der Waals surface area contributed by atoms with Gasteiger partial charge >= 0.3 is 6.03 Å². The van der Waals surface area contributed by atoms with Gasteiger partial charge in [-0.2, -0.15) is 0 Å². The summed E-state index contributed by atoms with van der Waals surface area (Å²) >= 11 is 0. The molecule has 12 heavy (non-hydrogen) atoms. The summed E-state index contributed by atoms with van der Waals surface area (Å²) in [6.07, 6.45) is 0.711. The molecule has 4 heteroatoms. The van der Waals surface area contributed by atoms with Crippen LogP contribution < -0.4 is 5.32 Å². The van der Waals surface area contributed by atoms with Gasteiger partial charge in [0.1, 0.15) is 0 Å². The van der Waals surface area contributed by atoms with E-state index in [1.54, 1.807) is 4.90 Å². The van der Waals surface area contributed by atoms with Gasteiger partial charge in [0.05, 0.1) is 18.7 Å². The highest BCUT2D eigenvalue weighted by Crippen LogP contribution is 2.23. The van der Waals surface area contributed by atoms with Gasteiger partial charge in [0.2, 0.25) is 0 Å². The topological polar surface area (TPSA) is 52.6 Å². The Bertz CT molecular complexity index is 176. The second kappa shape index (κ2) is 3.31. The van der Waals surface area contributed by atoms with Crippen molar-refractivity contribution in [1.29, 1.82) is 0 Å². The van der Waals surface area contributed by atoms with E-state index in [1.165, 1.54) is 0 Å². The van der Waals surface area contributed by atoms with Crippen LogP contribution >= 0.6 is 0 Å². The van der Waals surface area contributed by atoms with Gasteiger partial charge < -0.3 is 15.3 Å². The van der Waals surface area contributed by atoms with Crippen molar-refractivity contribution in [1.82, 2.24) is 10.2 Å². The number of carbonyl (C=O) groups excluding carboxylic acids is 1. The van der Waals surface area contributed by atoms with Crippen molar-refractivity contribution in [2.45, 2.75) is 25.9 Å². The minimum Gasteiger partial charge on any atom is -0.386 e. The highest BCUT2D eigenvalue weighted by atomic mass is 16.3. The van der Waals surface area contributed by atoms with Crippen LogP contribution in [-0.4, -0.2) is 41.3 Å². The molecule has 0 spiro atoms. The fourth-order valence-corrected chi connectivity index (χ4v) is 1.29. The van der Waals surface area contributed by atoms with E-state index in [-0.39, 0.29) is 6.03 Å². The first-order valence-corrected chi connectivity index (χ1v) is 4.36. The molecule has 1 aliphatic rings. The second-order valence-electron chi connectivity index (χ2n) is 3.27. The van der Waals surface area contributed by atoms with Gasteiger partial charge in [0.15, 0.2) is 0 Å². The summed E-state index contributed by atoms with van der Waals surface area (Å²) in [6, 6.07) is -0.0735. The number of hydrogen-bond acceptors (Lipinski definition) is 2. The first-order valence-electron chi connectivity index (χ1n) is 4.36. The highest BCUT2D eigenvalue weighted by molar-refractivity contribution is 5.75. The summed E-state index contributed by atoms with van der Waals surface area (Å²) in [5, 5.41) is 12.3. The van der Waals surface area contributed by atoms with E-state index < -0.39 is 5.60 Å². The molecule has 1 saturated heterocycles. The van der Waals surface area contributed by atoms with E-state index in [0.29, 0.717) is 26.1 Å². The number of carbonyl (C=O) groups is 1. The molecule has 2 N–H and O–H groups in total. The van der Waals surface area contributed by atoms with Crippen molar-refractivity contribution in [3.8, 4) is 0 Å². The Morgan fingerprint density at radius 2 is 2.17 bits per heavy atom. The van der Waals surface area contributed by atoms with Crippen LogP contribution in [0.4, 0.5) is 4.79 Å². The predicted octanol–water partition coefficient (Wildman–Crippen LogP) is 0.173. The molecule has 2 amide bonds. The molecular weight excluding hydrogens is 156 g/mol. The third kappa shape index (κ3) is 1.69. The Labute approximate surface area is 72.6 Å². The quantitative estimate of drug-likeness (QED) is 0.624. The van der Waals surface area contributed by atoms with Gasteiger partial charge in [0.25, 0.3) is 0 Å². The largest absolute Gasteiger partial charge is 0.386 e. The first kappa shape index (κ1) is 9.32. The van der Waals surface area contributed by atoms with Gasteiger partial charge in [-0.05, 0) is 13.3 Å². The molecule has 1 fully saturated rings. The van der Waals surface area contributed by atoms with Crippen molar-refractivity contribution in [3.05, 3.63) is 0 Å². The summed E-state index contributed by atoms with van der Waals surface area (Å²) in [4.78, 5) is 12.8. The average Bonchev–Trinajstić information content (AvgIpc) is 1.99. The van der Waals surface area contributed by atoms with Gasteiger partial charge in [-0.3, -0.25) is 0 Å². The molecule has 70 valence electrons. The van der Waals surface area contributed by atoms with Gasteiger partial charge in [0, 0.05) is 6.54 Å². The van der Waals surface area contributed by atoms with Crippen LogP contribution in [0.15, 0.2) is 0 Å². The fraction of sp³-hybridized carbons (Fsp3) is 0.875. The Kier molecular flexibility index (Phi) is 2.57. The maximum absolute atomic E-state index is 11.1. The van der Waals surface area contributed by atoms with Crippen LogP contribution in [0.3, 0.4) is 0 Å². The molecule has 0 bridgehead atoms. The summed E-state index contributed by atoms with van der Waals surface area (Å²) in [5.41, 5.74) is -0.620. The molecule has 1 heterocycles. The lowest BCUT2D eigenvalue weighted by molar-refractivity contribution is -0.0777. The number of β-amino-alcohol motifs (C(OH)–C–C–N with tert-alkyl or cyclic N) is 1. The number of hydrogen-bond donors (Lipinski definition) is 2. The zero-order valence-electron chi connectivity index (χ0n) is 7.63. The molecule has 0 atom stereocenters. The van der Waals surface area contributed by atoms with Gasteiger partial charge in [-0.15, -0.1) is 0 Å². The van der Waals surface area contributed by atoms with E-state index in [2.05, 4.69) is 5.32 Å². The number of likely N-dealkylation sites (tertiary alicyclic amines) is 1. The van der Waals surface area contributed by atoms with Crippen LogP contribution in [0.2, 0.25) is 0 Å². The number of rotatable bonds is 2. The van der Waals surface area contributed by atoms with Crippen molar-refractivity contribution in [2.75, 3.05) is 19.6 Å². The molecule has 0 aromatic carbocycles. The molecule has 0 aliphatic carbocycles. The lowest BCUT2D eigenvalue weighted by Gasteiger charge is -2.45. The Morgan fingerprint density at radius 3 is 2.58 bits per heavy atom. The Hall–Kier alpha value is -0.770. The van der Waals surface area contributed by atoms with Crippen LogP contribution in [0.5, 0.6) is 0 Å². The minimum atomic E-state index is -0.620. The average molecular weight is 172 g/mol. The summed E-state index contributed by atoms with van der Waals surface area (Å²) < 4.78 is 0. The van der Waals surface area contributed by atoms with Crippen molar-refractivity contribution < 1.29 is 9.90 Å². The van der Waals surface area contributed by atoms with E-state index in [0.717, 1.165) is 0 Å². The van der Waals surface area contributed by atoms with Gasteiger partial charge in [-0.25, -0.2) is 4.79 Å². The van der Waals surface area contributed by atoms with Crippen LogP contribution in [0.25, 0.3) is 0 Å². The van der Waals surface area contributed by atoms with Crippen LogP contribution in [0, 0.1) is 0 Å². The summed E-state index contributed by atoms with van der Waals surface area (Å²) in [5.74, 6) is 0. The van der Waals surface area contributed by atoms with Crippen molar-refractivity contribution in [2.24, 2.45) is 0 Å². The molecule has 0 radical (unpaired) electrons. The number of amides is 2. The molecule has 0 saturated carbocycles. The highest BCUT2D eigenvalue weighted by Gasteiger charge is 2.41. The number of urea groups is 1. The Balaban J connectivity index is 2.29. The number of nitrogens with one attached hydrogen (secondary N) is 1. The predicted molar refractivity (Wildman–Crippen MR) is 45.9 cm³/mol. The maximum atomic E-state index is 11.1. The fourth-order valence-electron chi connectivity index (χ4n) is 1.29. The number of nitrogens with zero attached hydrogens (tertiary/aromatic N) is 1. The standard InChI is InChI=1S/C8H16N2O2/c1-3-8(12)5-10(6-8)7(11)9-4-2/h12H,3-6H2,1-2H3,(H,9,11). The van der Waals surface area contributed by atoms with Crippen molar-refractivity contribution in [3.63, 3.8) is 0 Å². The molecule has 0 unspecified atom stereocenters. The smallest absolute Gasteiger partial charge is 0.317 e. The van der Waals surface area contributed by atoms with E-state index >= 15 is 0 Å². The second-order valence-corrected chi connectivity index (χ2v) is 3.27. The SMILES string of the molecule is CCNC(=O)N1CC(O)(CC)C1. The summed E-state index contributed by atoms with van der Waals surface area (Å²) in [6.45, 7) is 5.38.